The molecule has 2 heterocycles. The molecule has 0 amide bonds. The summed E-state index contributed by atoms with van der Waals surface area (Å²) < 4.78 is 11.9. The van der Waals surface area contributed by atoms with Crippen molar-refractivity contribution in [1.82, 2.24) is 0 Å². The molecule has 1 spiro atoms. The maximum atomic E-state index is 10.1. The zero-order valence-corrected chi connectivity index (χ0v) is 13.4. The summed E-state index contributed by atoms with van der Waals surface area (Å²) in [5, 5.41) is 20.1. The van der Waals surface area contributed by atoms with Crippen LogP contribution >= 0.6 is 0 Å². The lowest BCUT2D eigenvalue weighted by molar-refractivity contribution is -0.680. The highest BCUT2D eigenvalue weighted by atomic mass is 16.8. The van der Waals surface area contributed by atoms with Crippen molar-refractivity contribution in [2.45, 2.75) is 58.5 Å². The number of hydrogen-bond donors (Lipinski definition) is 2. The first-order valence-electron chi connectivity index (χ1n) is 8.03. The SMILES string of the molecule is CCCC1(CCC)[C@]2(C#N)[C@@]3([NH+]=C(N)[C@]12C#N)OC[C@H](C)O3. The zero-order valence-electron chi connectivity index (χ0n) is 13.4. The third-order valence-electron chi connectivity index (χ3n) is 5.71. The van der Waals surface area contributed by atoms with E-state index < -0.39 is 22.2 Å². The first-order chi connectivity index (χ1) is 10.5. The molecule has 1 aliphatic carbocycles. The van der Waals surface area contributed by atoms with Crippen molar-refractivity contribution >= 4 is 5.84 Å². The molecular formula is C16H23N4O2+. The molecule has 6 heteroatoms. The van der Waals surface area contributed by atoms with Crippen LogP contribution in [0.3, 0.4) is 0 Å². The highest BCUT2D eigenvalue weighted by molar-refractivity contribution is 5.95. The Morgan fingerprint density at radius 3 is 2.32 bits per heavy atom. The van der Waals surface area contributed by atoms with Crippen molar-refractivity contribution in [2.75, 3.05) is 6.61 Å². The third kappa shape index (κ3) is 1.19. The van der Waals surface area contributed by atoms with E-state index in [0.717, 1.165) is 25.7 Å². The lowest BCUT2D eigenvalue weighted by Gasteiger charge is -2.29. The van der Waals surface area contributed by atoms with Crippen LogP contribution in [0, 0.1) is 38.9 Å². The Labute approximate surface area is 130 Å². The van der Waals surface area contributed by atoms with Crippen molar-refractivity contribution in [3.05, 3.63) is 0 Å². The quantitative estimate of drug-likeness (QED) is 0.769. The van der Waals surface area contributed by atoms with Crippen LogP contribution in [0.25, 0.3) is 0 Å². The highest BCUT2D eigenvalue weighted by Gasteiger charge is 3.03. The summed E-state index contributed by atoms with van der Waals surface area (Å²) in [7, 11) is 0. The number of nitrogens with zero attached hydrogens (tertiary/aromatic N) is 2. The Balaban J connectivity index is 2.22. The van der Waals surface area contributed by atoms with Gasteiger partial charge in [0.1, 0.15) is 0 Å². The second-order valence-electron chi connectivity index (χ2n) is 6.70. The van der Waals surface area contributed by atoms with E-state index in [-0.39, 0.29) is 6.10 Å². The number of rotatable bonds is 4. The van der Waals surface area contributed by atoms with Crippen LogP contribution in [0.5, 0.6) is 0 Å². The summed E-state index contributed by atoms with van der Waals surface area (Å²) >= 11 is 0. The molecule has 0 unspecified atom stereocenters. The Morgan fingerprint density at radius 1 is 1.27 bits per heavy atom. The predicted octanol–water partition coefficient (Wildman–Crippen LogP) is 0.147. The van der Waals surface area contributed by atoms with Crippen molar-refractivity contribution < 1.29 is 14.5 Å². The molecule has 3 rings (SSSR count). The van der Waals surface area contributed by atoms with Gasteiger partial charge in [0.2, 0.25) is 0 Å². The van der Waals surface area contributed by atoms with Crippen LogP contribution in [0.15, 0.2) is 0 Å². The second kappa shape index (κ2) is 4.44. The Morgan fingerprint density at radius 2 is 1.91 bits per heavy atom. The van der Waals surface area contributed by atoms with Gasteiger partial charge in [0.25, 0.3) is 5.84 Å². The lowest BCUT2D eigenvalue weighted by Crippen LogP contribution is -2.90. The molecule has 2 aliphatic heterocycles. The summed E-state index contributed by atoms with van der Waals surface area (Å²) in [5.41, 5.74) is 3.61. The number of hydrogen-bond acceptors (Lipinski definition) is 5. The molecule has 0 bridgehead atoms. The van der Waals surface area contributed by atoms with E-state index in [0.29, 0.717) is 12.4 Å². The topological polar surface area (TPSA) is 106 Å². The van der Waals surface area contributed by atoms with E-state index in [2.05, 4.69) is 31.0 Å². The zero-order chi connectivity index (χ0) is 16.2. The average Bonchev–Trinajstić information content (AvgIpc) is 2.67. The second-order valence-corrected chi connectivity index (χ2v) is 6.70. The minimum absolute atomic E-state index is 0.137. The lowest BCUT2D eigenvalue weighted by atomic mass is 9.82. The number of nitrogens with one attached hydrogen (secondary N) is 1. The van der Waals surface area contributed by atoms with Crippen LogP contribution in [0.4, 0.5) is 0 Å². The van der Waals surface area contributed by atoms with Gasteiger partial charge in [-0.15, -0.1) is 0 Å². The van der Waals surface area contributed by atoms with Crippen molar-refractivity contribution in [3.63, 3.8) is 0 Å². The molecule has 0 aromatic carbocycles. The first-order valence-corrected chi connectivity index (χ1v) is 8.03. The van der Waals surface area contributed by atoms with Gasteiger partial charge >= 0.3 is 5.91 Å². The standard InChI is InChI=1S/C16H22N4O2/c1-4-6-13(7-5-2)14(9-17)12(19)20-16(15(13,14)10-18)21-8-11(3)22-16/h11H,4-8H2,1-3H3,(H2,19,20)/p+1/t11-,14+,15-,16+/m0/s1. The largest absolute Gasteiger partial charge is 0.343 e. The summed E-state index contributed by atoms with van der Waals surface area (Å²) in [6, 6.07) is 4.79. The van der Waals surface area contributed by atoms with Gasteiger partial charge in [-0.3, -0.25) is 5.73 Å². The smallest absolute Gasteiger partial charge is 0.311 e. The molecule has 0 radical (unpaired) electrons. The number of nitrogens with two attached hydrogens (primary N) is 1. The molecule has 0 aromatic rings. The van der Waals surface area contributed by atoms with Gasteiger partial charge in [-0.25, -0.2) is 4.99 Å². The van der Waals surface area contributed by atoms with Gasteiger partial charge in [0.15, 0.2) is 10.8 Å². The minimum atomic E-state index is -1.29. The molecule has 6 nitrogen and oxygen atoms in total. The Kier molecular flexibility index (Phi) is 3.08. The summed E-state index contributed by atoms with van der Waals surface area (Å²) in [6.07, 6.45) is 3.14. The van der Waals surface area contributed by atoms with E-state index >= 15 is 0 Å². The number of fused-ring (bicyclic) bond motifs is 2. The Hall–Kier alpha value is -1.63. The maximum absolute atomic E-state index is 10.1. The molecule has 3 N–H and O–H groups in total. The highest BCUT2D eigenvalue weighted by Crippen LogP contribution is 2.85. The van der Waals surface area contributed by atoms with Crippen LogP contribution in [0.1, 0.15) is 46.5 Å². The molecular weight excluding hydrogens is 280 g/mol. The fourth-order valence-corrected chi connectivity index (χ4v) is 5.17. The number of amidine groups is 1. The Bertz CT molecular complexity index is 613. The van der Waals surface area contributed by atoms with Gasteiger partial charge in [0, 0.05) is 5.41 Å². The van der Waals surface area contributed by atoms with E-state index in [1.165, 1.54) is 0 Å². The van der Waals surface area contributed by atoms with E-state index in [9.17, 15) is 10.5 Å². The van der Waals surface area contributed by atoms with Crippen molar-refractivity contribution in [1.29, 1.82) is 10.5 Å². The number of nitriles is 2. The summed E-state index contributed by atoms with van der Waals surface area (Å²) in [4.78, 5) is 3.02. The van der Waals surface area contributed by atoms with Crippen LogP contribution in [0.2, 0.25) is 0 Å². The minimum Gasteiger partial charge on any atom is -0.311 e. The number of ether oxygens (including phenoxy) is 2. The monoisotopic (exact) mass is 303 g/mol. The summed E-state index contributed by atoms with van der Waals surface area (Å²) in [5.74, 6) is -0.960. The molecule has 22 heavy (non-hydrogen) atoms. The first kappa shape index (κ1) is 15.3. The maximum Gasteiger partial charge on any atom is 0.343 e. The van der Waals surface area contributed by atoms with Gasteiger partial charge in [-0.2, -0.15) is 10.5 Å². The van der Waals surface area contributed by atoms with E-state index in [1.807, 2.05) is 6.92 Å². The van der Waals surface area contributed by atoms with Gasteiger partial charge < -0.3 is 9.47 Å². The molecule has 118 valence electrons. The predicted molar refractivity (Wildman–Crippen MR) is 77.7 cm³/mol. The van der Waals surface area contributed by atoms with Crippen LogP contribution in [-0.2, 0) is 9.47 Å². The van der Waals surface area contributed by atoms with Gasteiger partial charge in [0.05, 0.1) is 24.8 Å². The average molecular weight is 303 g/mol. The fourth-order valence-electron chi connectivity index (χ4n) is 5.17. The normalized spacial score (nSPS) is 44.2. The fraction of sp³-hybridized carbons (Fsp3) is 0.812. The molecule has 3 aliphatic rings. The van der Waals surface area contributed by atoms with Gasteiger partial charge in [-0.1, -0.05) is 26.7 Å². The molecule has 4 atom stereocenters. The molecule has 2 fully saturated rings. The van der Waals surface area contributed by atoms with Crippen molar-refractivity contribution in [2.24, 2.45) is 22.0 Å². The third-order valence-corrected chi connectivity index (χ3v) is 5.71. The molecule has 1 saturated carbocycles. The van der Waals surface area contributed by atoms with Gasteiger partial charge in [-0.05, 0) is 19.8 Å². The van der Waals surface area contributed by atoms with E-state index in [1.54, 1.807) is 0 Å². The molecule has 1 saturated heterocycles. The van der Waals surface area contributed by atoms with E-state index in [4.69, 9.17) is 15.2 Å². The van der Waals surface area contributed by atoms with Crippen molar-refractivity contribution in [3.8, 4) is 12.1 Å². The van der Waals surface area contributed by atoms with Crippen LogP contribution < -0.4 is 10.7 Å². The van der Waals surface area contributed by atoms with Crippen LogP contribution in [-0.4, -0.2) is 24.5 Å². The molecule has 0 aromatic heterocycles. The summed E-state index contributed by atoms with van der Waals surface area (Å²) in [6.45, 7) is 6.42.